The topological polar surface area (TPSA) is 38.3 Å². The van der Waals surface area contributed by atoms with E-state index in [0.717, 1.165) is 11.1 Å². The number of hydrogen-bond donors (Lipinski definition) is 1. The predicted octanol–water partition coefficient (Wildman–Crippen LogP) is 4.61. The van der Waals surface area contributed by atoms with Crippen LogP contribution < -0.4 is 10.1 Å². The maximum atomic E-state index is 12.4. The minimum absolute atomic E-state index is 0.158. The van der Waals surface area contributed by atoms with Gasteiger partial charge in [0, 0.05) is 5.56 Å². The lowest BCUT2D eigenvalue weighted by atomic mass is 10.0. The molecule has 0 aliphatic carbocycles. The fraction of sp³-hybridized carbons (Fsp3) is 0.0500. The smallest absolute Gasteiger partial charge is 0.255 e. The van der Waals surface area contributed by atoms with Gasteiger partial charge >= 0.3 is 0 Å². The molecule has 114 valence electrons. The summed E-state index contributed by atoms with van der Waals surface area (Å²) in [7, 11) is 1.58. The lowest BCUT2D eigenvalue weighted by Gasteiger charge is -2.10. The number of ether oxygens (including phenoxy) is 1. The van der Waals surface area contributed by atoms with E-state index in [9.17, 15) is 4.79 Å². The first-order valence-corrected chi connectivity index (χ1v) is 7.38. The van der Waals surface area contributed by atoms with Crippen LogP contribution in [-0.4, -0.2) is 13.0 Å². The molecule has 0 heterocycles. The molecule has 0 radical (unpaired) electrons. The van der Waals surface area contributed by atoms with E-state index in [2.05, 4.69) is 5.32 Å². The van der Waals surface area contributed by atoms with E-state index in [1.807, 2.05) is 78.9 Å². The van der Waals surface area contributed by atoms with Crippen molar-refractivity contribution < 1.29 is 9.53 Å². The Hall–Kier alpha value is -3.07. The molecule has 0 saturated carbocycles. The highest BCUT2D eigenvalue weighted by atomic mass is 16.5. The zero-order valence-electron chi connectivity index (χ0n) is 12.8. The van der Waals surface area contributed by atoms with Crippen molar-refractivity contribution in [2.24, 2.45) is 0 Å². The Labute approximate surface area is 135 Å². The number of rotatable bonds is 4. The van der Waals surface area contributed by atoms with Gasteiger partial charge in [-0.2, -0.15) is 0 Å². The highest BCUT2D eigenvalue weighted by molar-refractivity contribution is 6.05. The SMILES string of the molecule is COc1ccccc1NC(=O)c1ccc(-c2ccccc2)cc1. The van der Waals surface area contributed by atoms with Crippen molar-refractivity contribution in [3.63, 3.8) is 0 Å². The Balaban J connectivity index is 1.78. The van der Waals surface area contributed by atoms with Crippen LogP contribution in [-0.2, 0) is 0 Å². The molecule has 0 fully saturated rings. The first-order chi connectivity index (χ1) is 11.3. The molecule has 0 saturated heterocycles. The summed E-state index contributed by atoms with van der Waals surface area (Å²) in [5.41, 5.74) is 3.48. The van der Waals surface area contributed by atoms with Crippen molar-refractivity contribution in [3.05, 3.63) is 84.4 Å². The highest BCUT2D eigenvalue weighted by Crippen LogP contribution is 2.24. The highest BCUT2D eigenvalue weighted by Gasteiger charge is 2.09. The second-order valence-corrected chi connectivity index (χ2v) is 5.10. The van der Waals surface area contributed by atoms with Gasteiger partial charge in [0.25, 0.3) is 5.91 Å². The van der Waals surface area contributed by atoms with E-state index < -0.39 is 0 Å². The van der Waals surface area contributed by atoms with Crippen LogP contribution in [0.3, 0.4) is 0 Å². The normalized spacial score (nSPS) is 10.1. The summed E-state index contributed by atoms with van der Waals surface area (Å²) in [6.07, 6.45) is 0. The average molecular weight is 303 g/mol. The van der Waals surface area contributed by atoms with Crippen molar-refractivity contribution in [2.75, 3.05) is 12.4 Å². The fourth-order valence-corrected chi connectivity index (χ4v) is 2.39. The first-order valence-electron chi connectivity index (χ1n) is 7.38. The Kier molecular flexibility index (Phi) is 4.39. The maximum Gasteiger partial charge on any atom is 0.255 e. The lowest BCUT2D eigenvalue weighted by Crippen LogP contribution is -2.12. The zero-order chi connectivity index (χ0) is 16.1. The molecule has 0 aliphatic heterocycles. The van der Waals surface area contributed by atoms with Gasteiger partial charge in [-0.3, -0.25) is 4.79 Å². The molecular formula is C20H17NO2. The summed E-state index contributed by atoms with van der Waals surface area (Å²) < 4.78 is 5.24. The molecule has 3 nitrogen and oxygen atoms in total. The van der Waals surface area contributed by atoms with E-state index in [1.54, 1.807) is 7.11 Å². The molecule has 0 unspecified atom stereocenters. The standard InChI is InChI=1S/C20H17NO2/c1-23-19-10-6-5-9-18(19)21-20(22)17-13-11-16(12-14-17)15-7-3-2-4-8-15/h2-14H,1H3,(H,21,22). The van der Waals surface area contributed by atoms with Crippen molar-refractivity contribution in [1.29, 1.82) is 0 Å². The summed E-state index contributed by atoms with van der Waals surface area (Å²) in [5.74, 6) is 0.482. The second kappa shape index (κ2) is 6.79. The summed E-state index contributed by atoms with van der Waals surface area (Å²) in [6, 6.07) is 25.0. The van der Waals surface area contributed by atoms with Crippen LogP contribution in [0.25, 0.3) is 11.1 Å². The molecular weight excluding hydrogens is 286 g/mol. The van der Waals surface area contributed by atoms with Crippen molar-refractivity contribution in [2.45, 2.75) is 0 Å². The number of anilines is 1. The van der Waals surface area contributed by atoms with Gasteiger partial charge in [-0.15, -0.1) is 0 Å². The van der Waals surface area contributed by atoms with Crippen LogP contribution in [0.2, 0.25) is 0 Å². The summed E-state index contributed by atoms with van der Waals surface area (Å²) in [6.45, 7) is 0. The molecule has 3 aromatic rings. The van der Waals surface area contributed by atoms with Gasteiger partial charge in [-0.05, 0) is 35.4 Å². The van der Waals surface area contributed by atoms with E-state index in [4.69, 9.17) is 4.74 Å². The Morgan fingerprint density at radius 3 is 2.09 bits per heavy atom. The summed E-state index contributed by atoms with van der Waals surface area (Å²) >= 11 is 0. The minimum atomic E-state index is -0.158. The first kappa shape index (κ1) is 14.9. The van der Waals surface area contributed by atoms with E-state index >= 15 is 0 Å². The molecule has 0 atom stereocenters. The Bertz CT molecular complexity index is 795. The monoisotopic (exact) mass is 303 g/mol. The minimum Gasteiger partial charge on any atom is -0.495 e. The number of carbonyl (C=O) groups excluding carboxylic acids is 1. The quantitative estimate of drug-likeness (QED) is 0.764. The number of nitrogens with one attached hydrogen (secondary N) is 1. The van der Waals surface area contributed by atoms with Crippen LogP contribution in [0.5, 0.6) is 5.75 Å². The molecule has 3 rings (SSSR count). The lowest BCUT2D eigenvalue weighted by molar-refractivity contribution is 0.102. The van der Waals surface area contributed by atoms with Crippen LogP contribution in [0, 0.1) is 0 Å². The van der Waals surface area contributed by atoms with Gasteiger partial charge in [-0.25, -0.2) is 0 Å². The molecule has 3 heteroatoms. The predicted molar refractivity (Wildman–Crippen MR) is 92.8 cm³/mol. The zero-order valence-corrected chi connectivity index (χ0v) is 12.8. The van der Waals surface area contributed by atoms with Crippen molar-refractivity contribution in [1.82, 2.24) is 0 Å². The molecule has 1 amide bonds. The molecule has 3 aromatic carbocycles. The van der Waals surface area contributed by atoms with Gasteiger partial charge in [0.15, 0.2) is 0 Å². The maximum absolute atomic E-state index is 12.4. The van der Waals surface area contributed by atoms with Gasteiger partial charge < -0.3 is 10.1 Å². The molecule has 0 bridgehead atoms. The second-order valence-electron chi connectivity index (χ2n) is 5.10. The van der Waals surface area contributed by atoms with Gasteiger partial charge in [0.2, 0.25) is 0 Å². The van der Waals surface area contributed by atoms with Crippen LogP contribution in [0.4, 0.5) is 5.69 Å². The van der Waals surface area contributed by atoms with Crippen molar-refractivity contribution >= 4 is 11.6 Å². The van der Waals surface area contributed by atoms with Crippen LogP contribution >= 0.6 is 0 Å². The summed E-state index contributed by atoms with van der Waals surface area (Å²) in [4.78, 5) is 12.4. The van der Waals surface area contributed by atoms with E-state index in [1.165, 1.54) is 0 Å². The number of carbonyl (C=O) groups is 1. The molecule has 0 aromatic heterocycles. The molecule has 1 N–H and O–H groups in total. The van der Waals surface area contributed by atoms with E-state index in [0.29, 0.717) is 17.0 Å². The van der Waals surface area contributed by atoms with Gasteiger partial charge in [-0.1, -0.05) is 54.6 Å². The largest absolute Gasteiger partial charge is 0.495 e. The van der Waals surface area contributed by atoms with Crippen LogP contribution in [0.1, 0.15) is 10.4 Å². The number of methoxy groups -OCH3 is 1. The van der Waals surface area contributed by atoms with Gasteiger partial charge in [0.05, 0.1) is 12.8 Å². The third-order valence-corrected chi connectivity index (χ3v) is 3.61. The third-order valence-electron chi connectivity index (χ3n) is 3.61. The van der Waals surface area contributed by atoms with E-state index in [-0.39, 0.29) is 5.91 Å². The van der Waals surface area contributed by atoms with Crippen LogP contribution in [0.15, 0.2) is 78.9 Å². The number of hydrogen-bond acceptors (Lipinski definition) is 2. The van der Waals surface area contributed by atoms with Gasteiger partial charge in [0.1, 0.15) is 5.75 Å². The Morgan fingerprint density at radius 1 is 0.783 bits per heavy atom. The molecule has 23 heavy (non-hydrogen) atoms. The van der Waals surface area contributed by atoms with Crippen molar-refractivity contribution in [3.8, 4) is 16.9 Å². The number of benzene rings is 3. The number of para-hydroxylation sites is 2. The Morgan fingerprint density at radius 2 is 1.39 bits per heavy atom. The fourth-order valence-electron chi connectivity index (χ4n) is 2.39. The molecule has 0 spiro atoms. The third kappa shape index (κ3) is 3.40. The average Bonchev–Trinajstić information content (AvgIpc) is 2.63. The summed E-state index contributed by atoms with van der Waals surface area (Å²) in [5, 5.41) is 2.87. The molecule has 0 aliphatic rings. The number of amides is 1.